The van der Waals surface area contributed by atoms with Gasteiger partial charge < -0.3 is 4.52 Å². The molecule has 2 aromatic heterocycles. The Morgan fingerprint density at radius 3 is 2.52 bits per heavy atom. The van der Waals surface area contributed by atoms with Gasteiger partial charge in [0.05, 0.1) is 17.3 Å². The fraction of sp³-hybridized carbons (Fsp3) is 0.130. The maximum atomic E-state index is 13.5. The highest BCUT2D eigenvalue weighted by Crippen LogP contribution is 2.42. The summed E-state index contributed by atoms with van der Waals surface area (Å²) in [4.78, 5) is 22.5. The van der Waals surface area contributed by atoms with Crippen molar-refractivity contribution in [3.63, 3.8) is 0 Å². The summed E-state index contributed by atoms with van der Waals surface area (Å²) in [6.45, 7) is 3.30. The molecule has 156 valence electrons. The number of hydrogen-bond donors (Lipinski definition) is 0. The fourth-order valence-electron chi connectivity index (χ4n) is 3.46. The third kappa shape index (κ3) is 4.04. The zero-order valence-electron chi connectivity index (χ0n) is 16.8. The van der Waals surface area contributed by atoms with E-state index in [-0.39, 0.29) is 17.6 Å². The topological polar surface area (TPSA) is 72.1 Å². The molecular weight excluding hydrogens is 419 g/mol. The Morgan fingerprint density at radius 2 is 1.87 bits per heavy atom. The SMILES string of the molecule is CC(=O)N(c1onc(-c2ccc(F)cc2)c1-c1ccncn1)C(C)c1ccccc1Cl. The molecule has 31 heavy (non-hydrogen) atoms. The third-order valence-electron chi connectivity index (χ3n) is 4.93. The summed E-state index contributed by atoms with van der Waals surface area (Å²) in [5, 5.41) is 4.74. The van der Waals surface area contributed by atoms with E-state index in [0.717, 1.165) is 5.56 Å². The quantitative estimate of drug-likeness (QED) is 0.401. The van der Waals surface area contributed by atoms with E-state index in [1.54, 1.807) is 30.5 Å². The van der Waals surface area contributed by atoms with Crippen LogP contribution < -0.4 is 4.90 Å². The number of amides is 1. The van der Waals surface area contributed by atoms with Crippen LogP contribution in [-0.2, 0) is 4.79 Å². The average Bonchev–Trinajstić information content (AvgIpc) is 3.19. The molecule has 4 rings (SSSR count). The number of rotatable bonds is 5. The zero-order valence-corrected chi connectivity index (χ0v) is 17.5. The number of benzene rings is 2. The van der Waals surface area contributed by atoms with Gasteiger partial charge in [-0.2, -0.15) is 0 Å². The summed E-state index contributed by atoms with van der Waals surface area (Å²) < 4.78 is 19.2. The van der Waals surface area contributed by atoms with Crippen LogP contribution in [0.2, 0.25) is 5.02 Å². The Morgan fingerprint density at radius 1 is 1.13 bits per heavy atom. The van der Waals surface area contributed by atoms with Gasteiger partial charge >= 0.3 is 0 Å². The predicted octanol–water partition coefficient (Wildman–Crippen LogP) is 5.71. The lowest BCUT2D eigenvalue weighted by Crippen LogP contribution is -2.31. The van der Waals surface area contributed by atoms with E-state index < -0.39 is 6.04 Å². The molecule has 0 aliphatic carbocycles. The molecule has 1 atom stereocenters. The Balaban J connectivity index is 1.91. The summed E-state index contributed by atoms with van der Waals surface area (Å²) in [7, 11) is 0. The highest BCUT2D eigenvalue weighted by Gasteiger charge is 2.31. The lowest BCUT2D eigenvalue weighted by molar-refractivity contribution is -0.117. The van der Waals surface area contributed by atoms with Crippen LogP contribution in [-0.4, -0.2) is 21.0 Å². The molecule has 6 nitrogen and oxygen atoms in total. The second kappa shape index (κ2) is 8.65. The van der Waals surface area contributed by atoms with Crippen LogP contribution in [0.1, 0.15) is 25.5 Å². The number of halogens is 2. The molecule has 0 aliphatic heterocycles. The summed E-state index contributed by atoms with van der Waals surface area (Å²) in [5.41, 5.74) is 2.84. The third-order valence-corrected chi connectivity index (χ3v) is 5.27. The molecule has 2 heterocycles. The van der Waals surface area contributed by atoms with Crippen molar-refractivity contribution in [3.05, 3.63) is 83.5 Å². The summed E-state index contributed by atoms with van der Waals surface area (Å²) in [6, 6.07) is 14.4. The van der Waals surface area contributed by atoms with E-state index in [1.807, 2.05) is 25.1 Å². The Hall–Kier alpha value is -3.58. The first-order valence-electron chi connectivity index (χ1n) is 9.53. The number of hydrogen-bond acceptors (Lipinski definition) is 5. The Bertz CT molecular complexity index is 1210. The van der Waals surface area contributed by atoms with E-state index in [2.05, 4.69) is 15.1 Å². The van der Waals surface area contributed by atoms with Gasteiger partial charge in [0.1, 0.15) is 17.8 Å². The minimum absolute atomic E-state index is 0.220. The van der Waals surface area contributed by atoms with Crippen LogP contribution in [0.15, 0.2) is 71.6 Å². The summed E-state index contributed by atoms with van der Waals surface area (Å²) >= 11 is 6.39. The molecule has 1 amide bonds. The lowest BCUT2D eigenvalue weighted by Gasteiger charge is -2.27. The van der Waals surface area contributed by atoms with Crippen molar-refractivity contribution in [1.82, 2.24) is 15.1 Å². The molecule has 4 aromatic rings. The number of anilines is 1. The molecule has 0 saturated heterocycles. The Kier molecular flexibility index (Phi) is 5.77. The number of nitrogens with zero attached hydrogens (tertiary/aromatic N) is 4. The van der Waals surface area contributed by atoms with Crippen LogP contribution in [0.25, 0.3) is 22.5 Å². The van der Waals surface area contributed by atoms with Gasteiger partial charge in [-0.05, 0) is 48.9 Å². The largest absolute Gasteiger partial charge is 0.337 e. The first-order valence-corrected chi connectivity index (χ1v) is 9.91. The minimum Gasteiger partial charge on any atom is -0.337 e. The molecule has 8 heteroatoms. The Labute approximate surface area is 183 Å². The van der Waals surface area contributed by atoms with E-state index in [0.29, 0.717) is 27.5 Å². The number of carbonyl (C=O) groups is 1. The summed E-state index contributed by atoms with van der Waals surface area (Å²) in [6.07, 6.45) is 2.99. The fourth-order valence-corrected chi connectivity index (χ4v) is 3.76. The van der Waals surface area contributed by atoms with E-state index in [4.69, 9.17) is 16.1 Å². The van der Waals surface area contributed by atoms with Gasteiger partial charge in [0.2, 0.25) is 11.8 Å². The van der Waals surface area contributed by atoms with Gasteiger partial charge in [-0.3, -0.25) is 9.69 Å². The van der Waals surface area contributed by atoms with Crippen molar-refractivity contribution in [2.75, 3.05) is 4.90 Å². The van der Waals surface area contributed by atoms with Gasteiger partial charge in [0.15, 0.2) is 0 Å². The van der Waals surface area contributed by atoms with E-state index >= 15 is 0 Å². The van der Waals surface area contributed by atoms with Gasteiger partial charge in [0.25, 0.3) is 0 Å². The normalized spacial score (nSPS) is 11.9. The van der Waals surface area contributed by atoms with E-state index in [1.165, 1.54) is 30.3 Å². The first-order chi connectivity index (χ1) is 15.0. The highest BCUT2D eigenvalue weighted by molar-refractivity contribution is 6.31. The van der Waals surface area contributed by atoms with Gasteiger partial charge in [0, 0.05) is 23.7 Å². The molecule has 0 aliphatic rings. The second-order valence-electron chi connectivity index (χ2n) is 6.90. The monoisotopic (exact) mass is 436 g/mol. The predicted molar refractivity (Wildman–Crippen MR) is 116 cm³/mol. The van der Waals surface area contributed by atoms with Crippen LogP contribution in [0, 0.1) is 5.82 Å². The minimum atomic E-state index is -0.444. The maximum Gasteiger partial charge on any atom is 0.244 e. The molecule has 0 saturated carbocycles. The second-order valence-corrected chi connectivity index (χ2v) is 7.31. The average molecular weight is 437 g/mol. The van der Waals surface area contributed by atoms with Crippen molar-refractivity contribution in [2.45, 2.75) is 19.9 Å². The standard InChI is InChI=1S/C23H18ClFN4O2/c1-14(18-5-3-4-6-19(18)24)29(15(2)30)23-21(20-11-12-26-13-27-20)22(28-31-23)16-7-9-17(25)10-8-16/h3-14H,1-2H3. The smallest absolute Gasteiger partial charge is 0.244 e. The molecule has 0 fully saturated rings. The maximum absolute atomic E-state index is 13.5. The van der Waals surface area contributed by atoms with Crippen molar-refractivity contribution < 1.29 is 13.7 Å². The molecule has 2 aromatic carbocycles. The molecule has 0 N–H and O–H groups in total. The van der Waals surface area contributed by atoms with Crippen LogP contribution in [0.5, 0.6) is 0 Å². The number of aromatic nitrogens is 3. The van der Waals surface area contributed by atoms with Crippen LogP contribution >= 0.6 is 11.6 Å². The van der Waals surface area contributed by atoms with Gasteiger partial charge in [-0.1, -0.05) is 35.0 Å². The number of carbonyl (C=O) groups excluding carboxylic acids is 1. The summed E-state index contributed by atoms with van der Waals surface area (Å²) in [5.74, 6) is -0.406. The molecule has 1 unspecified atom stereocenters. The highest BCUT2D eigenvalue weighted by atomic mass is 35.5. The lowest BCUT2D eigenvalue weighted by atomic mass is 10.0. The first kappa shape index (κ1) is 20.7. The van der Waals surface area contributed by atoms with Crippen molar-refractivity contribution in [2.24, 2.45) is 0 Å². The zero-order chi connectivity index (χ0) is 22.0. The van der Waals surface area contributed by atoms with Crippen molar-refractivity contribution in [3.8, 4) is 22.5 Å². The molecular formula is C23H18ClFN4O2. The van der Waals surface area contributed by atoms with Gasteiger partial charge in [-0.15, -0.1) is 0 Å². The van der Waals surface area contributed by atoms with Crippen LogP contribution in [0.3, 0.4) is 0 Å². The molecule has 0 bridgehead atoms. The molecule has 0 radical (unpaired) electrons. The van der Waals surface area contributed by atoms with Gasteiger partial charge in [-0.25, -0.2) is 14.4 Å². The van der Waals surface area contributed by atoms with E-state index in [9.17, 15) is 9.18 Å². The molecule has 0 spiro atoms. The van der Waals surface area contributed by atoms with Crippen molar-refractivity contribution in [1.29, 1.82) is 0 Å². The van der Waals surface area contributed by atoms with Crippen molar-refractivity contribution >= 4 is 23.4 Å². The van der Waals surface area contributed by atoms with Crippen LogP contribution in [0.4, 0.5) is 10.3 Å².